The molecule has 9 heteroatoms. The Morgan fingerprint density at radius 1 is 1.31 bits per heavy atom. The minimum Gasteiger partial charge on any atom is -0.464 e. The van der Waals surface area contributed by atoms with Gasteiger partial charge in [-0.1, -0.05) is 0 Å². The standard InChI is InChI=1S/C17H25N5O4/c1-2-26-17(24)15(18)16(23)22-6-4-13-12(11-22)10-14(20-19-13)21-5-3-8-25-9-7-21/h10,15H,2-9,11,18H2,1H3. The van der Waals surface area contributed by atoms with Crippen LogP contribution in [0.25, 0.3) is 0 Å². The lowest BCUT2D eigenvalue weighted by molar-refractivity contribution is -0.151. The van der Waals surface area contributed by atoms with Gasteiger partial charge < -0.3 is 25.0 Å². The minimum atomic E-state index is -1.28. The Hall–Kier alpha value is -2.26. The largest absolute Gasteiger partial charge is 0.464 e. The van der Waals surface area contributed by atoms with Crippen molar-refractivity contribution in [3.63, 3.8) is 0 Å². The first-order chi connectivity index (χ1) is 12.6. The van der Waals surface area contributed by atoms with Crippen LogP contribution in [0.4, 0.5) is 5.82 Å². The summed E-state index contributed by atoms with van der Waals surface area (Å²) in [6.07, 6.45) is 1.53. The third-order valence-corrected chi connectivity index (χ3v) is 4.59. The molecule has 142 valence electrons. The predicted octanol–water partition coefficient (Wildman–Crippen LogP) is -0.522. The molecule has 1 unspecified atom stereocenters. The van der Waals surface area contributed by atoms with E-state index >= 15 is 0 Å². The van der Waals surface area contributed by atoms with Gasteiger partial charge in [0.2, 0.25) is 0 Å². The lowest BCUT2D eigenvalue weighted by Gasteiger charge is -2.30. The van der Waals surface area contributed by atoms with E-state index in [0.717, 1.165) is 43.2 Å². The average Bonchev–Trinajstić information content (AvgIpc) is 2.95. The van der Waals surface area contributed by atoms with E-state index in [1.165, 1.54) is 0 Å². The SMILES string of the molecule is CCOC(=O)C(N)C(=O)N1CCc2nnc(N3CCCOCC3)cc2C1. The van der Waals surface area contributed by atoms with Gasteiger partial charge in [0.1, 0.15) is 0 Å². The van der Waals surface area contributed by atoms with Gasteiger partial charge in [0.15, 0.2) is 11.9 Å². The van der Waals surface area contributed by atoms with Crippen LogP contribution in [0.1, 0.15) is 24.6 Å². The van der Waals surface area contributed by atoms with E-state index in [9.17, 15) is 9.59 Å². The maximum Gasteiger partial charge on any atom is 0.332 e. The first kappa shape index (κ1) is 18.5. The summed E-state index contributed by atoms with van der Waals surface area (Å²) in [7, 11) is 0. The number of anilines is 1. The van der Waals surface area contributed by atoms with Crippen molar-refractivity contribution in [2.45, 2.75) is 32.4 Å². The highest BCUT2D eigenvalue weighted by Gasteiger charge is 2.31. The Kier molecular flexibility index (Phi) is 6.00. The van der Waals surface area contributed by atoms with Crippen LogP contribution >= 0.6 is 0 Å². The Bertz CT molecular complexity index is 661. The van der Waals surface area contributed by atoms with Crippen LogP contribution in [0.15, 0.2) is 6.07 Å². The number of nitrogens with zero attached hydrogens (tertiary/aromatic N) is 4. The molecule has 0 aromatic carbocycles. The fourth-order valence-corrected chi connectivity index (χ4v) is 3.16. The molecular weight excluding hydrogens is 338 g/mol. The van der Waals surface area contributed by atoms with Gasteiger partial charge in [-0.15, -0.1) is 5.10 Å². The summed E-state index contributed by atoms with van der Waals surface area (Å²) in [5.41, 5.74) is 7.57. The van der Waals surface area contributed by atoms with E-state index < -0.39 is 17.9 Å². The maximum atomic E-state index is 12.5. The molecule has 1 atom stereocenters. The van der Waals surface area contributed by atoms with E-state index in [0.29, 0.717) is 26.1 Å². The zero-order chi connectivity index (χ0) is 18.5. The van der Waals surface area contributed by atoms with Crippen LogP contribution in [0.2, 0.25) is 0 Å². The highest BCUT2D eigenvalue weighted by molar-refractivity contribution is 6.01. The number of fused-ring (bicyclic) bond motifs is 1. The first-order valence-electron chi connectivity index (χ1n) is 8.99. The van der Waals surface area contributed by atoms with E-state index in [-0.39, 0.29) is 6.61 Å². The van der Waals surface area contributed by atoms with Gasteiger partial charge in [0.05, 0.1) is 18.9 Å². The summed E-state index contributed by atoms with van der Waals surface area (Å²) in [5, 5.41) is 8.67. The number of aromatic nitrogens is 2. The van der Waals surface area contributed by atoms with Crippen molar-refractivity contribution < 1.29 is 19.1 Å². The molecule has 9 nitrogen and oxygen atoms in total. The molecule has 1 aromatic heterocycles. The number of amides is 1. The highest BCUT2D eigenvalue weighted by Crippen LogP contribution is 2.22. The summed E-state index contributed by atoms with van der Waals surface area (Å²) in [5.74, 6) is -0.324. The van der Waals surface area contributed by atoms with Crippen molar-refractivity contribution in [2.75, 3.05) is 44.4 Å². The molecule has 1 amide bonds. The molecule has 0 spiro atoms. The Labute approximate surface area is 152 Å². The van der Waals surface area contributed by atoms with E-state index in [4.69, 9.17) is 15.2 Å². The van der Waals surface area contributed by atoms with Crippen LogP contribution in [-0.4, -0.2) is 72.5 Å². The monoisotopic (exact) mass is 363 g/mol. The van der Waals surface area contributed by atoms with Gasteiger partial charge in [-0.05, 0) is 25.0 Å². The van der Waals surface area contributed by atoms with Crippen LogP contribution in [0.3, 0.4) is 0 Å². The smallest absolute Gasteiger partial charge is 0.332 e. The number of carbonyl (C=O) groups excluding carboxylic acids is 2. The molecule has 26 heavy (non-hydrogen) atoms. The topological polar surface area (TPSA) is 111 Å². The van der Waals surface area contributed by atoms with Gasteiger partial charge in [-0.25, -0.2) is 4.79 Å². The molecule has 3 rings (SSSR count). The highest BCUT2D eigenvalue weighted by atomic mass is 16.5. The molecule has 2 N–H and O–H groups in total. The van der Waals surface area contributed by atoms with E-state index in [2.05, 4.69) is 15.1 Å². The van der Waals surface area contributed by atoms with E-state index in [1.807, 2.05) is 6.07 Å². The van der Waals surface area contributed by atoms with Gasteiger partial charge >= 0.3 is 5.97 Å². The molecule has 2 aliphatic rings. The number of nitrogens with two attached hydrogens (primary N) is 1. The number of rotatable bonds is 4. The Balaban J connectivity index is 1.71. The Morgan fingerprint density at radius 2 is 2.15 bits per heavy atom. The fourth-order valence-electron chi connectivity index (χ4n) is 3.16. The van der Waals surface area contributed by atoms with Crippen LogP contribution in [0, 0.1) is 0 Å². The van der Waals surface area contributed by atoms with Crippen LogP contribution in [0.5, 0.6) is 0 Å². The lowest BCUT2D eigenvalue weighted by Crippen LogP contribution is -2.50. The van der Waals surface area contributed by atoms with Crippen molar-refractivity contribution >= 4 is 17.7 Å². The molecule has 0 radical (unpaired) electrons. The summed E-state index contributed by atoms with van der Waals surface area (Å²) in [4.78, 5) is 28.0. The second-order valence-electron chi connectivity index (χ2n) is 6.37. The van der Waals surface area contributed by atoms with E-state index in [1.54, 1.807) is 11.8 Å². The molecule has 0 bridgehead atoms. The second-order valence-corrected chi connectivity index (χ2v) is 6.37. The van der Waals surface area contributed by atoms with Gasteiger partial charge in [-0.2, -0.15) is 5.10 Å². The van der Waals surface area contributed by atoms with Gasteiger partial charge in [0.25, 0.3) is 5.91 Å². The number of esters is 1. The maximum absolute atomic E-state index is 12.5. The van der Waals surface area contributed by atoms with Gasteiger partial charge in [0, 0.05) is 39.2 Å². The molecule has 0 saturated carbocycles. The third kappa shape index (κ3) is 4.10. The quantitative estimate of drug-likeness (QED) is 0.562. The molecular formula is C17H25N5O4. The normalized spacial score (nSPS) is 18.7. The number of carbonyl (C=O) groups is 2. The zero-order valence-corrected chi connectivity index (χ0v) is 15.0. The average molecular weight is 363 g/mol. The number of hydrogen-bond acceptors (Lipinski definition) is 8. The third-order valence-electron chi connectivity index (χ3n) is 4.59. The second kappa shape index (κ2) is 8.41. The molecule has 1 saturated heterocycles. The van der Waals surface area contributed by atoms with Crippen molar-refractivity contribution in [1.29, 1.82) is 0 Å². The van der Waals surface area contributed by atoms with Crippen molar-refractivity contribution in [1.82, 2.24) is 15.1 Å². The number of ether oxygens (including phenoxy) is 2. The molecule has 2 aliphatic heterocycles. The first-order valence-corrected chi connectivity index (χ1v) is 8.99. The van der Waals surface area contributed by atoms with Crippen LogP contribution in [-0.2, 0) is 32.0 Å². The molecule has 3 heterocycles. The van der Waals surface area contributed by atoms with Crippen LogP contribution < -0.4 is 10.6 Å². The van der Waals surface area contributed by atoms with Crippen molar-refractivity contribution in [2.24, 2.45) is 5.73 Å². The Morgan fingerprint density at radius 3 is 2.96 bits per heavy atom. The summed E-state index contributed by atoms with van der Waals surface area (Å²) >= 11 is 0. The predicted molar refractivity (Wildman–Crippen MR) is 93.4 cm³/mol. The van der Waals surface area contributed by atoms with Crippen molar-refractivity contribution in [3.8, 4) is 0 Å². The summed E-state index contributed by atoms with van der Waals surface area (Å²) in [6, 6.07) is 0.691. The molecule has 0 aliphatic carbocycles. The van der Waals surface area contributed by atoms with Crippen molar-refractivity contribution in [3.05, 3.63) is 17.3 Å². The summed E-state index contributed by atoms with van der Waals surface area (Å²) in [6.45, 7) is 5.76. The molecule has 1 fully saturated rings. The zero-order valence-electron chi connectivity index (χ0n) is 15.0. The van der Waals surface area contributed by atoms with Gasteiger partial charge in [-0.3, -0.25) is 4.79 Å². The fraction of sp³-hybridized carbons (Fsp3) is 0.647. The number of hydrogen-bond donors (Lipinski definition) is 1. The molecule has 1 aromatic rings. The lowest BCUT2D eigenvalue weighted by atomic mass is 10.1. The minimum absolute atomic E-state index is 0.196. The summed E-state index contributed by atoms with van der Waals surface area (Å²) < 4.78 is 10.3.